The molecule has 0 unspecified atom stereocenters. The SMILES string of the molecule is CC1CCN(C(=O)CCCNC(=O)c2ccco2)CC1. The van der Waals surface area contributed by atoms with Crippen molar-refractivity contribution in [3.8, 4) is 0 Å². The lowest BCUT2D eigenvalue weighted by Crippen LogP contribution is -2.38. The van der Waals surface area contributed by atoms with Crippen LogP contribution in [0.2, 0.25) is 0 Å². The van der Waals surface area contributed by atoms with Crippen LogP contribution in [0, 0.1) is 5.92 Å². The molecule has 0 bridgehead atoms. The van der Waals surface area contributed by atoms with Gasteiger partial charge in [0.2, 0.25) is 5.91 Å². The molecule has 1 fully saturated rings. The van der Waals surface area contributed by atoms with E-state index < -0.39 is 0 Å². The normalized spacial score (nSPS) is 16.1. The van der Waals surface area contributed by atoms with E-state index in [1.165, 1.54) is 6.26 Å². The molecular weight excluding hydrogens is 256 g/mol. The Morgan fingerprint density at radius 3 is 2.80 bits per heavy atom. The number of amides is 2. The molecule has 0 radical (unpaired) electrons. The van der Waals surface area contributed by atoms with Crippen LogP contribution in [0.25, 0.3) is 0 Å². The molecule has 1 saturated heterocycles. The van der Waals surface area contributed by atoms with Crippen molar-refractivity contribution in [3.05, 3.63) is 24.2 Å². The van der Waals surface area contributed by atoms with Gasteiger partial charge in [-0.05, 0) is 37.3 Å². The third-order valence-corrected chi connectivity index (χ3v) is 3.73. The Bertz CT molecular complexity index is 434. The standard InChI is InChI=1S/C15H22N2O3/c1-12-6-9-17(10-7-12)14(18)5-2-8-16-15(19)13-4-3-11-20-13/h3-4,11-12H,2,5-10H2,1H3,(H,16,19). The fraction of sp³-hybridized carbons (Fsp3) is 0.600. The first-order valence-electron chi connectivity index (χ1n) is 7.26. The summed E-state index contributed by atoms with van der Waals surface area (Å²) in [6.45, 7) is 4.47. The molecule has 1 aliphatic heterocycles. The number of carbonyl (C=O) groups excluding carboxylic acids is 2. The third kappa shape index (κ3) is 4.11. The van der Waals surface area contributed by atoms with Gasteiger partial charge in [-0.25, -0.2) is 0 Å². The van der Waals surface area contributed by atoms with Crippen molar-refractivity contribution in [3.63, 3.8) is 0 Å². The summed E-state index contributed by atoms with van der Waals surface area (Å²) in [6, 6.07) is 3.30. The number of furan rings is 1. The average Bonchev–Trinajstić information content (AvgIpc) is 2.98. The molecular formula is C15H22N2O3. The number of rotatable bonds is 5. The molecule has 5 heteroatoms. The first kappa shape index (κ1) is 14.6. The number of piperidine rings is 1. The van der Waals surface area contributed by atoms with Gasteiger partial charge in [0.1, 0.15) is 0 Å². The van der Waals surface area contributed by atoms with Crippen LogP contribution in [0.5, 0.6) is 0 Å². The van der Waals surface area contributed by atoms with Crippen molar-refractivity contribution in [2.75, 3.05) is 19.6 Å². The molecule has 0 aliphatic carbocycles. The molecule has 110 valence electrons. The second kappa shape index (κ2) is 7.12. The third-order valence-electron chi connectivity index (χ3n) is 3.73. The zero-order chi connectivity index (χ0) is 14.4. The first-order chi connectivity index (χ1) is 9.66. The lowest BCUT2D eigenvalue weighted by Gasteiger charge is -2.30. The predicted octanol–water partition coefficient (Wildman–Crippen LogP) is 2.05. The predicted molar refractivity (Wildman–Crippen MR) is 75.3 cm³/mol. The summed E-state index contributed by atoms with van der Waals surface area (Å²) in [5, 5.41) is 2.75. The van der Waals surface area contributed by atoms with Crippen LogP contribution < -0.4 is 5.32 Å². The van der Waals surface area contributed by atoms with Crippen LogP contribution in [0.15, 0.2) is 22.8 Å². The largest absolute Gasteiger partial charge is 0.459 e. The van der Waals surface area contributed by atoms with Crippen LogP contribution in [-0.2, 0) is 4.79 Å². The van der Waals surface area contributed by atoms with Crippen LogP contribution in [0.4, 0.5) is 0 Å². The monoisotopic (exact) mass is 278 g/mol. The van der Waals surface area contributed by atoms with Gasteiger partial charge < -0.3 is 14.6 Å². The molecule has 1 aromatic rings. The summed E-state index contributed by atoms with van der Waals surface area (Å²) in [7, 11) is 0. The number of nitrogens with one attached hydrogen (secondary N) is 1. The smallest absolute Gasteiger partial charge is 0.286 e. The molecule has 0 atom stereocenters. The summed E-state index contributed by atoms with van der Waals surface area (Å²) in [5.41, 5.74) is 0. The van der Waals surface area contributed by atoms with E-state index in [2.05, 4.69) is 12.2 Å². The highest BCUT2D eigenvalue weighted by Gasteiger charge is 2.19. The number of likely N-dealkylation sites (tertiary alicyclic amines) is 1. The zero-order valence-corrected chi connectivity index (χ0v) is 11.9. The maximum atomic E-state index is 12.0. The van der Waals surface area contributed by atoms with E-state index in [0.717, 1.165) is 31.8 Å². The van der Waals surface area contributed by atoms with Crippen LogP contribution in [-0.4, -0.2) is 36.3 Å². The van der Waals surface area contributed by atoms with E-state index in [1.54, 1.807) is 12.1 Å². The molecule has 2 heterocycles. The van der Waals surface area contributed by atoms with E-state index >= 15 is 0 Å². The lowest BCUT2D eigenvalue weighted by atomic mass is 9.99. The number of carbonyl (C=O) groups is 2. The molecule has 0 aromatic carbocycles. The minimum atomic E-state index is -0.228. The summed E-state index contributed by atoms with van der Waals surface area (Å²) >= 11 is 0. The zero-order valence-electron chi connectivity index (χ0n) is 11.9. The van der Waals surface area contributed by atoms with Gasteiger partial charge in [-0.1, -0.05) is 6.92 Å². The summed E-state index contributed by atoms with van der Waals surface area (Å²) in [5.74, 6) is 1.01. The molecule has 20 heavy (non-hydrogen) atoms. The Morgan fingerprint density at radius 1 is 1.40 bits per heavy atom. The Hall–Kier alpha value is -1.78. The van der Waals surface area contributed by atoms with E-state index in [9.17, 15) is 9.59 Å². The number of nitrogens with zero attached hydrogens (tertiary/aromatic N) is 1. The molecule has 2 rings (SSSR count). The van der Waals surface area contributed by atoms with Gasteiger partial charge >= 0.3 is 0 Å². The summed E-state index contributed by atoms with van der Waals surface area (Å²) in [4.78, 5) is 25.5. The van der Waals surface area contributed by atoms with Crippen molar-refractivity contribution in [1.29, 1.82) is 0 Å². The van der Waals surface area contributed by atoms with Crippen LogP contribution in [0.1, 0.15) is 43.2 Å². The summed E-state index contributed by atoms with van der Waals surface area (Å²) < 4.78 is 4.99. The highest BCUT2D eigenvalue weighted by Crippen LogP contribution is 2.16. The van der Waals surface area contributed by atoms with Crippen molar-refractivity contribution in [2.24, 2.45) is 5.92 Å². The van der Waals surface area contributed by atoms with Gasteiger partial charge in [0, 0.05) is 26.1 Å². The molecule has 0 spiro atoms. The van der Waals surface area contributed by atoms with Crippen LogP contribution >= 0.6 is 0 Å². The summed E-state index contributed by atoms with van der Waals surface area (Å²) in [6.07, 6.45) is 4.82. The lowest BCUT2D eigenvalue weighted by molar-refractivity contribution is -0.132. The van der Waals surface area contributed by atoms with Gasteiger partial charge in [0.05, 0.1) is 6.26 Å². The van der Waals surface area contributed by atoms with E-state index in [0.29, 0.717) is 25.1 Å². The van der Waals surface area contributed by atoms with Gasteiger partial charge in [-0.2, -0.15) is 0 Å². The topological polar surface area (TPSA) is 62.6 Å². The highest BCUT2D eigenvalue weighted by molar-refractivity contribution is 5.91. The van der Waals surface area contributed by atoms with E-state index in [-0.39, 0.29) is 11.8 Å². The highest BCUT2D eigenvalue weighted by atomic mass is 16.3. The molecule has 0 saturated carbocycles. The molecule has 1 aliphatic rings. The van der Waals surface area contributed by atoms with Crippen molar-refractivity contribution >= 4 is 11.8 Å². The van der Waals surface area contributed by atoms with E-state index in [4.69, 9.17) is 4.42 Å². The average molecular weight is 278 g/mol. The van der Waals surface area contributed by atoms with Gasteiger partial charge in [-0.15, -0.1) is 0 Å². The van der Waals surface area contributed by atoms with Gasteiger partial charge in [0.15, 0.2) is 5.76 Å². The molecule has 1 N–H and O–H groups in total. The van der Waals surface area contributed by atoms with Gasteiger partial charge in [0.25, 0.3) is 5.91 Å². The Kier molecular flexibility index (Phi) is 5.21. The second-order valence-electron chi connectivity index (χ2n) is 5.40. The van der Waals surface area contributed by atoms with Crippen LogP contribution in [0.3, 0.4) is 0 Å². The minimum Gasteiger partial charge on any atom is -0.459 e. The first-order valence-corrected chi connectivity index (χ1v) is 7.26. The van der Waals surface area contributed by atoms with E-state index in [1.807, 2.05) is 4.90 Å². The van der Waals surface area contributed by atoms with Crippen molar-refractivity contribution in [2.45, 2.75) is 32.6 Å². The van der Waals surface area contributed by atoms with Crippen molar-refractivity contribution < 1.29 is 14.0 Å². The maximum absolute atomic E-state index is 12.0. The quantitative estimate of drug-likeness (QED) is 0.838. The Labute approximate surface area is 119 Å². The van der Waals surface area contributed by atoms with Crippen molar-refractivity contribution in [1.82, 2.24) is 10.2 Å². The molecule has 5 nitrogen and oxygen atoms in total. The number of hydrogen-bond donors (Lipinski definition) is 1. The second-order valence-corrected chi connectivity index (χ2v) is 5.40. The maximum Gasteiger partial charge on any atom is 0.286 e. The fourth-order valence-electron chi connectivity index (χ4n) is 2.35. The fourth-order valence-corrected chi connectivity index (χ4v) is 2.35. The minimum absolute atomic E-state index is 0.198. The molecule has 1 aromatic heterocycles. The Balaban J connectivity index is 1.61. The van der Waals surface area contributed by atoms with Gasteiger partial charge in [-0.3, -0.25) is 9.59 Å². The molecule has 2 amide bonds. The Morgan fingerprint density at radius 2 is 2.15 bits per heavy atom. The number of hydrogen-bond acceptors (Lipinski definition) is 3.